The molecule has 0 saturated heterocycles. The Labute approximate surface area is 118 Å². The summed E-state index contributed by atoms with van der Waals surface area (Å²) in [5, 5.41) is 6.90. The Morgan fingerprint density at radius 2 is 2.15 bits per heavy atom. The number of hydrogen-bond acceptors (Lipinski definition) is 3. The summed E-state index contributed by atoms with van der Waals surface area (Å²) in [6.45, 7) is 4.76. The number of nitrogens with one attached hydrogen (secondary N) is 1. The van der Waals surface area contributed by atoms with Gasteiger partial charge in [-0.3, -0.25) is 9.89 Å². The number of carbonyl (C=O) groups excluding carboxylic acids is 1. The summed E-state index contributed by atoms with van der Waals surface area (Å²) in [5.74, 6) is 1.11. The van der Waals surface area contributed by atoms with Crippen molar-refractivity contribution in [1.82, 2.24) is 15.2 Å². The number of anilines is 1. The first-order valence-electron chi connectivity index (χ1n) is 6.99. The van der Waals surface area contributed by atoms with Gasteiger partial charge in [0, 0.05) is 18.2 Å². The van der Waals surface area contributed by atoms with E-state index in [1.165, 1.54) is 5.56 Å². The largest absolute Gasteiger partial charge is 0.305 e. The number of aromatic amines is 1. The molecule has 0 atom stereocenters. The van der Waals surface area contributed by atoms with Crippen molar-refractivity contribution in [1.29, 1.82) is 0 Å². The number of amides is 1. The molecule has 0 radical (unpaired) electrons. The fourth-order valence-electron chi connectivity index (χ4n) is 2.49. The lowest BCUT2D eigenvalue weighted by atomic mass is 10.0. The van der Waals surface area contributed by atoms with Crippen molar-refractivity contribution in [2.75, 3.05) is 11.4 Å². The summed E-state index contributed by atoms with van der Waals surface area (Å²) in [7, 11) is 0. The quantitative estimate of drug-likeness (QED) is 0.912. The van der Waals surface area contributed by atoms with E-state index in [0.29, 0.717) is 0 Å². The van der Waals surface area contributed by atoms with Crippen LogP contribution in [0.1, 0.15) is 48.2 Å². The molecule has 2 aromatic rings. The van der Waals surface area contributed by atoms with Crippen LogP contribution in [-0.2, 0) is 6.42 Å². The molecule has 0 aliphatic carbocycles. The average Bonchev–Trinajstić information content (AvgIpc) is 2.96. The lowest BCUT2D eigenvalue weighted by Gasteiger charge is -2.28. The maximum atomic E-state index is 12.6. The van der Waals surface area contributed by atoms with Crippen molar-refractivity contribution in [2.45, 2.75) is 32.6 Å². The highest BCUT2D eigenvalue weighted by molar-refractivity contribution is 6.04. The first kappa shape index (κ1) is 12.8. The Kier molecular flexibility index (Phi) is 3.26. The summed E-state index contributed by atoms with van der Waals surface area (Å²) < 4.78 is 0. The summed E-state index contributed by atoms with van der Waals surface area (Å²) >= 11 is 0. The van der Waals surface area contributed by atoms with Gasteiger partial charge in [0.25, 0.3) is 5.91 Å². The molecule has 2 heterocycles. The Morgan fingerprint density at radius 3 is 2.90 bits per heavy atom. The number of fused-ring (bicyclic) bond motifs is 1. The van der Waals surface area contributed by atoms with E-state index in [9.17, 15) is 4.79 Å². The molecule has 0 spiro atoms. The van der Waals surface area contributed by atoms with Crippen LogP contribution >= 0.6 is 0 Å². The number of hydrogen-bond donors (Lipinski definition) is 1. The number of aryl methyl sites for hydroxylation is 1. The topological polar surface area (TPSA) is 61.9 Å². The standard InChI is InChI=1S/C15H18N4O/c1-10(2)13-16-14(18-17-13)15(20)19-9-5-7-11-6-3-4-8-12(11)19/h3-4,6,8,10H,5,7,9H2,1-2H3,(H,16,17,18). The third kappa shape index (κ3) is 2.19. The normalized spacial score (nSPS) is 14.4. The Balaban J connectivity index is 1.91. The molecule has 0 unspecified atom stereocenters. The zero-order valence-electron chi connectivity index (χ0n) is 11.8. The molecule has 1 N–H and O–H groups in total. The van der Waals surface area contributed by atoms with Crippen LogP contribution in [0.3, 0.4) is 0 Å². The molecule has 20 heavy (non-hydrogen) atoms. The monoisotopic (exact) mass is 270 g/mol. The summed E-state index contributed by atoms with van der Waals surface area (Å²) in [6.07, 6.45) is 2.00. The zero-order valence-corrected chi connectivity index (χ0v) is 11.8. The van der Waals surface area contributed by atoms with Crippen LogP contribution in [0.4, 0.5) is 5.69 Å². The van der Waals surface area contributed by atoms with Gasteiger partial charge < -0.3 is 4.90 Å². The third-order valence-corrected chi connectivity index (χ3v) is 3.60. The van der Waals surface area contributed by atoms with Crippen molar-refractivity contribution >= 4 is 11.6 Å². The van der Waals surface area contributed by atoms with Crippen LogP contribution in [0, 0.1) is 0 Å². The van der Waals surface area contributed by atoms with Gasteiger partial charge in [-0.1, -0.05) is 32.0 Å². The van der Waals surface area contributed by atoms with Gasteiger partial charge >= 0.3 is 0 Å². The SMILES string of the molecule is CC(C)c1nc(C(=O)N2CCCc3ccccc32)n[nH]1. The van der Waals surface area contributed by atoms with Crippen LogP contribution in [0.2, 0.25) is 0 Å². The maximum Gasteiger partial charge on any atom is 0.297 e. The van der Waals surface area contributed by atoms with Crippen molar-refractivity contribution in [3.05, 3.63) is 41.5 Å². The molecule has 1 aromatic heterocycles. The van der Waals surface area contributed by atoms with E-state index in [4.69, 9.17) is 0 Å². The lowest BCUT2D eigenvalue weighted by Crippen LogP contribution is -2.36. The minimum atomic E-state index is -0.125. The van der Waals surface area contributed by atoms with E-state index in [-0.39, 0.29) is 17.6 Å². The number of nitrogens with zero attached hydrogens (tertiary/aromatic N) is 3. The molecule has 1 aliphatic rings. The summed E-state index contributed by atoms with van der Waals surface area (Å²) in [4.78, 5) is 18.7. The van der Waals surface area contributed by atoms with Crippen molar-refractivity contribution < 1.29 is 4.79 Å². The van der Waals surface area contributed by atoms with Gasteiger partial charge in [-0.25, -0.2) is 4.98 Å². The molecule has 0 fully saturated rings. The first-order valence-corrected chi connectivity index (χ1v) is 6.99. The third-order valence-electron chi connectivity index (χ3n) is 3.60. The number of carbonyl (C=O) groups is 1. The summed E-state index contributed by atoms with van der Waals surface area (Å²) in [5.41, 5.74) is 2.20. The van der Waals surface area contributed by atoms with Crippen LogP contribution in [0.25, 0.3) is 0 Å². The second-order valence-electron chi connectivity index (χ2n) is 5.39. The number of aromatic nitrogens is 3. The molecule has 104 valence electrons. The van der Waals surface area contributed by atoms with Gasteiger partial charge in [0.2, 0.25) is 5.82 Å². The Hall–Kier alpha value is -2.17. The van der Waals surface area contributed by atoms with Gasteiger partial charge in [0.1, 0.15) is 5.82 Å². The van der Waals surface area contributed by atoms with Crippen LogP contribution in [0.5, 0.6) is 0 Å². The predicted octanol–water partition coefficient (Wildman–Crippen LogP) is 2.52. The number of H-pyrrole nitrogens is 1. The Morgan fingerprint density at radius 1 is 1.35 bits per heavy atom. The molecule has 1 aromatic carbocycles. The first-order chi connectivity index (χ1) is 9.66. The van der Waals surface area contributed by atoms with Gasteiger partial charge in [0.05, 0.1) is 0 Å². The molecule has 1 aliphatic heterocycles. The number of benzene rings is 1. The van der Waals surface area contributed by atoms with E-state index in [1.54, 1.807) is 4.90 Å². The van der Waals surface area contributed by atoms with Crippen LogP contribution < -0.4 is 4.90 Å². The molecule has 1 amide bonds. The van der Waals surface area contributed by atoms with Gasteiger partial charge in [-0.05, 0) is 24.5 Å². The molecule has 0 saturated carbocycles. The highest BCUT2D eigenvalue weighted by Crippen LogP contribution is 2.27. The van der Waals surface area contributed by atoms with Crippen molar-refractivity contribution in [3.63, 3.8) is 0 Å². The van der Waals surface area contributed by atoms with E-state index in [1.807, 2.05) is 32.0 Å². The minimum Gasteiger partial charge on any atom is -0.305 e. The molecule has 3 rings (SSSR count). The predicted molar refractivity (Wildman–Crippen MR) is 76.9 cm³/mol. The van der Waals surface area contributed by atoms with Crippen molar-refractivity contribution in [2.24, 2.45) is 0 Å². The fourth-order valence-corrected chi connectivity index (χ4v) is 2.49. The van der Waals surface area contributed by atoms with E-state index in [2.05, 4.69) is 21.2 Å². The second-order valence-corrected chi connectivity index (χ2v) is 5.39. The smallest absolute Gasteiger partial charge is 0.297 e. The van der Waals surface area contributed by atoms with Crippen molar-refractivity contribution in [3.8, 4) is 0 Å². The van der Waals surface area contributed by atoms with E-state index < -0.39 is 0 Å². The second kappa shape index (κ2) is 5.07. The molecule has 5 nitrogen and oxygen atoms in total. The summed E-state index contributed by atoms with van der Waals surface area (Å²) in [6, 6.07) is 8.03. The van der Waals surface area contributed by atoms with Gasteiger partial charge in [-0.15, -0.1) is 5.10 Å². The van der Waals surface area contributed by atoms with Crippen LogP contribution in [-0.4, -0.2) is 27.6 Å². The lowest BCUT2D eigenvalue weighted by molar-refractivity contribution is 0.0975. The maximum absolute atomic E-state index is 12.6. The molecular weight excluding hydrogens is 252 g/mol. The Bertz CT molecular complexity index is 632. The molecule has 5 heteroatoms. The zero-order chi connectivity index (χ0) is 14.1. The fraction of sp³-hybridized carbons (Fsp3) is 0.400. The minimum absolute atomic E-state index is 0.125. The number of rotatable bonds is 2. The van der Waals surface area contributed by atoms with Gasteiger partial charge in [-0.2, -0.15) is 0 Å². The highest BCUT2D eigenvalue weighted by atomic mass is 16.2. The van der Waals surface area contributed by atoms with Gasteiger partial charge in [0.15, 0.2) is 0 Å². The average molecular weight is 270 g/mol. The van der Waals surface area contributed by atoms with E-state index >= 15 is 0 Å². The molecule has 0 bridgehead atoms. The van der Waals surface area contributed by atoms with Crippen LogP contribution in [0.15, 0.2) is 24.3 Å². The number of para-hydroxylation sites is 1. The highest BCUT2D eigenvalue weighted by Gasteiger charge is 2.26. The molecular formula is C15H18N4O. The van der Waals surface area contributed by atoms with E-state index in [0.717, 1.165) is 30.9 Å².